The smallest absolute Gasteiger partial charge is 0.239 e. The normalized spacial score (nSPS) is 17.3. The fraction of sp³-hybridized carbons (Fsp3) is 0.0714. The Morgan fingerprint density at radius 2 is 1.75 bits per heavy atom. The number of nitrogens with one attached hydrogen (secondary N) is 1. The van der Waals surface area contributed by atoms with Crippen molar-refractivity contribution in [3.05, 3.63) is 95.8 Å². The maximum absolute atomic E-state index is 11.4. The number of nitrogens with zero attached hydrogens (tertiary/aromatic N) is 3. The molecular formula is C14H9N4O6-. The number of aromatic nitrogens is 1. The van der Waals surface area contributed by atoms with E-state index in [2.05, 4.69) is 4.98 Å². The molecule has 10 heteroatoms. The summed E-state index contributed by atoms with van der Waals surface area (Å²) in [7, 11) is 0. The Labute approximate surface area is 133 Å². The van der Waals surface area contributed by atoms with Crippen LogP contribution in [0.5, 0.6) is 0 Å². The van der Waals surface area contributed by atoms with Gasteiger partial charge in [0.2, 0.25) is 17.4 Å². The predicted molar refractivity (Wildman–Crippen MR) is 81.6 cm³/mol. The molecule has 1 unspecified atom stereocenters. The molecule has 1 aromatic heterocycles. The van der Waals surface area contributed by atoms with Gasteiger partial charge in [-0.1, -0.05) is 29.8 Å². The monoisotopic (exact) mass is 329 g/mol. The summed E-state index contributed by atoms with van der Waals surface area (Å²) in [6.07, 6.45) is 2.99. The van der Waals surface area contributed by atoms with Gasteiger partial charge in [-0.05, 0) is 11.6 Å². The third-order valence-electron chi connectivity index (χ3n) is 3.70. The molecule has 1 aliphatic carbocycles. The molecule has 1 heterocycles. The number of aromatic amines is 1. The van der Waals surface area contributed by atoms with Crippen LogP contribution in [0.15, 0.2) is 54.0 Å². The van der Waals surface area contributed by atoms with Crippen LogP contribution in [0.3, 0.4) is 0 Å². The summed E-state index contributed by atoms with van der Waals surface area (Å²) < 4.78 is 0. The van der Waals surface area contributed by atoms with E-state index in [-0.39, 0.29) is 11.5 Å². The van der Waals surface area contributed by atoms with Crippen LogP contribution in [-0.2, 0) is 0 Å². The predicted octanol–water partition coefficient (Wildman–Crippen LogP) is 2.07. The van der Waals surface area contributed by atoms with Crippen molar-refractivity contribution in [2.75, 3.05) is 0 Å². The second kappa shape index (κ2) is 5.50. The first-order chi connectivity index (χ1) is 11.4. The van der Waals surface area contributed by atoms with Gasteiger partial charge in [0.05, 0.1) is 11.0 Å². The second-order valence-electron chi connectivity index (χ2n) is 5.03. The number of nitro groups is 3. The third kappa shape index (κ3) is 2.35. The molecule has 3 rings (SSSR count). The van der Waals surface area contributed by atoms with Gasteiger partial charge in [0.25, 0.3) is 0 Å². The van der Waals surface area contributed by atoms with E-state index in [1.807, 2.05) is 0 Å². The van der Waals surface area contributed by atoms with E-state index >= 15 is 0 Å². The summed E-state index contributed by atoms with van der Waals surface area (Å²) in [5.74, 6) is -0.187. The number of benzene rings is 1. The minimum absolute atomic E-state index is 0.187. The largest absolute Gasteiger partial charge is 0.408 e. The van der Waals surface area contributed by atoms with Crippen molar-refractivity contribution < 1.29 is 14.8 Å². The molecule has 0 radical (unpaired) electrons. The van der Waals surface area contributed by atoms with Crippen molar-refractivity contribution in [3.63, 3.8) is 0 Å². The van der Waals surface area contributed by atoms with Crippen molar-refractivity contribution in [2.45, 2.75) is 6.04 Å². The second-order valence-corrected chi connectivity index (χ2v) is 5.03. The zero-order valence-electron chi connectivity index (χ0n) is 11.9. The molecule has 1 atom stereocenters. The van der Waals surface area contributed by atoms with Crippen molar-refractivity contribution in [3.8, 4) is 0 Å². The summed E-state index contributed by atoms with van der Waals surface area (Å²) in [6, 6.07) is 5.13. The van der Waals surface area contributed by atoms with E-state index in [1.165, 1.54) is 6.20 Å². The molecule has 1 aliphatic rings. The number of rotatable bonds is 4. The molecule has 10 nitrogen and oxygen atoms in total. The number of para-hydroxylation sites is 1. The fourth-order valence-electron chi connectivity index (χ4n) is 2.69. The molecule has 122 valence electrons. The minimum atomic E-state index is -1.69. The first-order valence-corrected chi connectivity index (χ1v) is 6.69. The van der Waals surface area contributed by atoms with Gasteiger partial charge in [-0.2, -0.15) is 0 Å². The van der Waals surface area contributed by atoms with Crippen molar-refractivity contribution in [2.24, 2.45) is 0 Å². The van der Waals surface area contributed by atoms with Crippen molar-refractivity contribution in [1.29, 1.82) is 0 Å². The van der Waals surface area contributed by atoms with Crippen LogP contribution in [0.25, 0.3) is 10.9 Å². The van der Waals surface area contributed by atoms with E-state index in [1.54, 1.807) is 24.3 Å². The van der Waals surface area contributed by atoms with Crippen LogP contribution in [0.2, 0.25) is 0 Å². The molecule has 24 heavy (non-hydrogen) atoms. The van der Waals surface area contributed by atoms with Crippen LogP contribution in [-0.4, -0.2) is 25.8 Å². The average molecular weight is 329 g/mol. The zero-order valence-corrected chi connectivity index (χ0v) is 11.9. The van der Waals surface area contributed by atoms with Gasteiger partial charge in [0.15, 0.2) is 0 Å². The van der Waals surface area contributed by atoms with Gasteiger partial charge >= 0.3 is 0 Å². The first kappa shape index (κ1) is 15.2. The quantitative estimate of drug-likeness (QED) is 0.516. The van der Waals surface area contributed by atoms with Gasteiger partial charge in [-0.3, -0.25) is 30.3 Å². The Morgan fingerprint density at radius 3 is 2.38 bits per heavy atom. The Balaban J connectivity index is 2.23. The van der Waals surface area contributed by atoms with Crippen LogP contribution in [0, 0.1) is 36.3 Å². The van der Waals surface area contributed by atoms with Crippen molar-refractivity contribution >= 4 is 10.9 Å². The highest BCUT2D eigenvalue weighted by molar-refractivity contribution is 5.86. The van der Waals surface area contributed by atoms with E-state index in [0.717, 1.165) is 12.2 Å². The summed E-state index contributed by atoms with van der Waals surface area (Å²) in [6.45, 7) is 0. The van der Waals surface area contributed by atoms with Gasteiger partial charge < -0.3 is 4.98 Å². The molecule has 1 N–H and O–H groups in total. The maximum atomic E-state index is 11.4. The minimum Gasteiger partial charge on any atom is -0.408 e. The van der Waals surface area contributed by atoms with Gasteiger partial charge in [0.1, 0.15) is 0 Å². The first-order valence-electron chi connectivity index (χ1n) is 6.69. The molecule has 2 aromatic rings. The number of hydrogen-bond donors (Lipinski definition) is 1. The molecule has 0 bridgehead atoms. The Morgan fingerprint density at radius 1 is 1.04 bits per heavy atom. The summed E-state index contributed by atoms with van der Waals surface area (Å²) >= 11 is 0. The number of hydrogen-bond acceptors (Lipinski definition) is 6. The molecule has 0 amide bonds. The van der Waals surface area contributed by atoms with E-state index < -0.39 is 32.2 Å². The number of fused-ring (bicyclic) bond motifs is 1. The highest BCUT2D eigenvalue weighted by Crippen LogP contribution is 2.37. The SMILES string of the molecule is O=[N+]([O-])C1=CC([N+](=O)[O-])[C-](c2c[nH]c3ccccc23)C([N+](=O)[O-])=C1. The molecule has 0 aliphatic heterocycles. The Kier molecular flexibility index (Phi) is 3.49. The van der Waals surface area contributed by atoms with E-state index in [9.17, 15) is 30.3 Å². The molecule has 0 fully saturated rings. The summed E-state index contributed by atoms with van der Waals surface area (Å²) in [5.41, 5.74) is -0.412. The molecule has 0 saturated heterocycles. The van der Waals surface area contributed by atoms with E-state index in [4.69, 9.17) is 0 Å². The summed E-state index contributed by atoms with van der Waals surface area (Å²) in [5, 5.41) is 34.2. The topological polar surface area (TPSA) is 145 Å². The number of H-pyrrole nitrogens is 1. The lowest BCUT2D eigenvalue weighted by Gasteiger charge is -2.24. The lowest BCUT2D eigenvalue weighted by Crippen LogP contribution is -2.33. The Hall–Kier alpha value is -3.69. The highest BCUT2D eigenvalue weighted by atomic mass is 16.6. The molecular weight excluding hydrogens is 320 g/mol. The fourth-order valence-corrected chi connectivity index (χ4v) is 2.69. The zero-order chi connectivity index (χ0) is 17.4. The highest BCUT2D eigenvalue weighted by Gasteiger charge is 2.41. The molecule has 0 spiro atoms. The van der Waals surface area contributed by atoms with Gasteiger partial charge in [-0.25, -0.2) is 0 Å². The lowest BCUT2D eigenvalue weighted by atomic mass is 9.84. The third-order valence-corrected chi connectivity index (χ3v) is 3.70. The van der Waals surface area contributed by atoms with E-state index in [0.29, 0.717) is 10.9 Å². The Bertz CT molecular complexity index is 928. The van der Waals surface area contributed by atoms with Crippen LogP contribution < -0.4 is 0 Å². The molecule has 1 aromatic carbocycles. The number of allylic oxidation sites excluding steroid dienone is 1. The standard InChI is InChI=1S/C14H9N4O6/c19-16(20)8-5-12(17(21)22)14(13(6-8)18(23)24)10-7-15-11-4-2-1-3-9(10)11/h1-7,12,15H/q-1. The summed E-state index contributed by atoms with van der Waals surface area (Å²) in [4.78, 5) is 34.1. The van der Waals surface area contributed by atoms with Crippen LogP contribution in [0.1, 0.15) is 5.56 Å². The maximum Gasteiger partial charge on any atom is 0.239 e. The molecule has 0 saturated carbocycles. The van der Waals surface area contributed by atoms with Gasteiger partial charge in [-0.15, -0.1) is 5.56 Å². The van der Waals surface area contributed by atoms with Crippen molar-refractivity contribution in [1.82, 2.24) is 4.98 Å². The average Bonchev–Trinajstić information content (AvgIpc) is 2.97. The van der Waals surface area contributed by atoms with Gasteiger partial charge in [0, 0.05) is 21.8 Å². The lowest BCUT2D eigenvalue weighted by molar-refractivity contribution is -0.513. The van der Waals surface area contributed by atoms with Crippen LogP contribution in [0.4, 0.5) is 0 Å². The van der Waals surface area contributed by atoms with Crippen LogP contribution >= 0.6 is 0 Å².